The van der Waals surface area contributed by atoms with Crippen molar-refractivity contribution < 1.29 is 9.84 Å². The summed E-state index contributed by atoms with van der Waals surface area (Å²) < 4.78 is 7.13. The molecule has 0 aliphatic carbocycles. The molecule has 2 heterocycles. The Labute approximate surface area is 128 Å². The third-order valence-electron chi connectivity index (χ3n) is 3.00. The van der Waals surface area contributed by atoms with E-state index in [9.17, 15) is 5.11 Å². The number of nitrogens with zero attached hydrogens (tertiary/aromatic N) is 2. The minimum absolute atomic E-state index is 0.572. The third-order valence-corrected chi connectivity index (χ3v) is 4.47. The van der Waals surface area contributed by atoms with Crippen LogP contribution in [0.1, 0.15) is 17.4 Å². The molecule has 0 spiro atoms. The van der Waals surface area contributed by atoms with Crippen LogP contribution in [0.25, 0.3) is 10.2 Å². The normalized spacial score (nSPS) is 12.6. The van der Waals surface area contributed by atoms with Crippen molar-refractivity contribution in [1.82, 2.24) is 9.97 Å². The number of pyridine rings is 1. The molecule has 3 aromatic rings. The van der Waals surface area contributed by atoms with Gasteiger partial charge < -0.3 is 9.84 Å². The van der Waals surface area contributed by atoms with Gasteiger partial charge in [0.2, 0.25) is 0 Å². The Bertz CT molecular complexity index is 746. The summed E-state index contributed by atoms with van der Waals surface area (Å²) in [6.07, 6.45) is 0.783. The van der Waals surface area contributed by atoms with E-state index < -0.39 is 6.10 Å². The lowest BCUT2D eigenvalue weighted by molar-refractivity contribution is 0.211. The highest BCUT2D eigenvalue weighted by atomic mass is 79.9. The Morgan fingerprint density at radius 3 is 2.85 bits per heavy atom. The second-order valence-corrected chi connectivity index (χ2v) is 6.46. The molecule has 0 amide bonds. The molecule has 0 aliphatic rings. The Hall–Kier alpha value is -1.50. The van der Waals surface area contributed by atoms with Crippen LogP contribution in [0.15, 0.2) is 40.4 Å². The highest BCUT2D eigenvalue weighted by Gasteiger charge is 2.22. The van der Waals surface area contributed by atoms with Crippen LogP contribution in [0.5, 0.6) is 5.75 Å². The zero-order chi connectivity index (χ0) is 14.1. The molecule has 0 aliphatic heterocycles. The molecule has 0 fully saturated rings. The van der Waals surface area contributed by atoms with Gasteiger partial charge in [0.25, 0.3) is 0 Å². The standard InChI is InChI=1S/C14H11BrN2O2S/c1-19-9-5-6-10-12(17-14(15)20-10)11(9)13(18)8-4-2-3-7-16-8/h2-7,13,18H,1H3. The van der Waals surface area contributed by atoms with Crippen LogP contribution in [-0.4, -0.2) is 22.2 Å². The van der Waals surface area contributed by atoms with E-state index in [0.29, 0.717) is 17.0 Å². The predicted octanol–water partition coefficient (Wildman–Crippen LogP) is 3.54. The summed E-state index contributed by atoms with van der Waals surface area (Å²) in [6, 6.07) is 9.21. The van der Waals surface area contributed by atoms with Crippen molar-refractivity contribution in [2.24, 2.45) is 0 Å². The number of halogens is 1. The van der Waals surface area contributed by atoms with Crippen molar-refractivity contribution in [3.63, 3.8) is 0 Å². The van der Waals surface area contributed by atoms with Crippen LogP contribution < -0.4 is 4.74 Å². The van der Waals surface area contributed by atoms with E-state index in [4.69, 9.17) is 4.74 Å². The molecule has 1 N–H and O–H groups in total. The molecule has 0 bridgehead atoms. The van der Waals surface area contributed by atoms with Gasteiger partial charge in [-0.05, 0) is 40.2 Å². The quantitative estimate of drug-likeness (QED) is 0.784. The van der Waals surface area contributed by atoms with Crippen molar-refractivity contribution in [2.45, 2.75) is 6.10 Å². The maximum absolute atomic E-state index is 10.6. The second kappa shape index (κ2) is 5.47. The van der Waals surface area contributed by atoms with Crippen molar-refractivity contribution in [2.75, 3.05) is 7.11 Å². The van der Waals surface area contributed by atoms with E-state index in [1.54, 1.807) is 19.4 Å². The number of thiazole rings is 1. The highest BCUT2D eigenvalue weighted by Crippen LogP contribution is 2.38. The number of aromatic nitrogens is 2. The molecule has 3 rings (SSSR count). The molecule has 2 aromatic heterocycles. The average molecular weight is 351 g/mol. The smallest absolute Gasteiger partial charge is 0.160 e. The number of fused-ring (bicyclic) bond motifs is 1. The molecule has 4 nitrogen and oxygen atoms in total. The maximum Gasteiger partial charge on any atom is 0.160 e. The number of aliphatic hydroxyl groups excluding tert-OH is 1. The monoisotopic (exact) mass is 350 g/mol. The van der Waals surface area contributed by atoms with Gasteiger partial charge in [-0.25, -0.2) is 4.98 Å². The Morgan fingerprint density at radius 1 is 1.30 bits per heavy atom. The summed E-state index contributed by atoms with van der Waals surface area (Å²) >= 11 is 4.90. The number of benzene rings is 1. The van der Waals surface area contributed by atoms with Crippen molar-refractivity contribution in [3.8, 4) is 5.75 Å². The number of methoxy groups -OCH3 is 1. The molecule has 1 atom stereocenters. The molecule has 0 radical (unpaired) electrons. The maximum atomic E-state index is 10.6. The molecular formula is C14H11BrN2O2S. The van der Waals surface area contributed by atoms with Crippen molar-refractivity contribution in [3.05, 3.63) is 51.7 Å². The van der Waals surface area contributed by atoms with Gasteiger partial charge in [-0.15, -0.1) is 11.3 Å². The first-order valence-electron chi connectivity index (χ1n) is 5.92. The lowest BCUT2D eigenvalue weighted by Crippen LogP contribution is -2.05. The number of aliphatic hydroxyl groups is 1. The van der Waals surface area contributed by atoms with Crippen molar-refractivity contribution >= 4 is 37.5 Å². The number of hydrogen-bond acceptors (Lipinski definition) is 5. The summed E-state index contributed by atoms with van der Waals surface area (Å²) in [7, 11) is 1.58. The first-order valence-corrected chi connectivity index (χ1v) is 7.53. The van der Waals surface area contributed by atoms with E-state index in [0.717, 1.165) is 14.1 Å². The first kappa shape index (κ1) is 13.5. The predicted molar refractivity (Wildman–Crippen MR) is 82.2 cm³/mol. The molecule has 0 saturated carbocycles. The lowest BCUT2D eigenvalue weighted by atomic mass is 10.0. The zero-order valence-electron chi connectivity index (χ0n) is 10.6. The van der Waals surface area contributed by atoms with Gasteiger partial charge in [-0.1, -0.05) is 6.07 Å². The molecule has 6 heteroatoms. The summed E-state index contributed by atoms with van der Waals surface area (Å²) in [4.78, 5) is 8.64. The third kappa shape index (κ3) is 2.30. The fraction of sp³-hybridized carbons (Fsp3) is 0.143. The van der Waals surface area contributed by atoms with Crippen LogP contribution >= 0.6 is 27.3 Å². The van der Waals surface area contributed by atoms with E-state index in [1.165, 1.54) is 11.3 Å². The van der Waals surface area contributed by atoms with Crippen LogP contribution in [0, 0.1) is 0 Å². The fourth-order valence-electron chi connectivity index (χ4n) is 2.10. The second-order valence-electron chi connectivity index (χ2n) is 4.15. The van der Waals surface area contributed by atoms with Crippen molar-refractivity contribution in [1.29, 1.82) is 0 Å². The minimum atomic E-state index is -0.871. The number of hydrogen-bond donors (Lipinski definition) is 1. The van der Waals surface area contributed by atoms with Gasteiger partial charge in [0, 0.05) is 6.20 Å². The molecule has 0 saturated heterocycles. The zero-order valence-corrected chi connectivity index (χ0v) is 13.0. The number of ether oxygens (including phenoxy) is 1. The van der Waals surface area contributed by atoms with Gasteiger partial charge in [0.15, 0.2) is 3.92 Å². The Morgan fingerprint density at radius 2 is 2.15 bits per heavy atom. The van der Waals surface area contributed by atoms with Crippen LogP contribution in [0.3, 0.4) is 0 Å². The van der Waals surface area contributed by atoms with Gasteiger partial charge in [-0.2, -0.15) is 0 Å². The molecular weight excluding hydrogens is 340 g/mol. The van der Waals surface area contributed by atoms with E-state index in [2.05, 4.69) is 25.9 Å². The Kier molecular flexibility index (Phi) is 3.69. The van der Waals surface area contributed by atoms with Crippen LogP contribution in [0.4, 0.5) is 0 Å². The van der Waals surface area contributed by atoms with E-state index in [-0.39, 0.29) is 0 Å². The van der Waals surface area contributed by atoms with Gasteiger partial charge in [0.1, 0.15) is 11.9 Å². The number of rotatable bonds is 3. The summed E-state index contributed by atoms with van der Waals surface area (Å²) in [5.74, 6) is 0.605. The fourth-order valence-corrected chi connectivity index (χ4v) is 3.50. The summed E-state index contributed by atoms with van der Waals surface area (Å²) in [6.45, 7) is 0. The van der Waals surface area contributed by atoms with E-state index in [1.807, 2.05) is 24.3 Å². The van der Waals surface area contributed by atoms with Crippen LogP contribution in [0.2, 0.25) is 0 Å². The lowest BCUT2D eigenvalue weighted by Gasteiger charge is -2.14. The van der Waals surface area contributed by atoms with Gasteiger partial charge >= 0.3 is 0 Å². The molecule has 1 unspecified atom stereocenters. The van der Waals surface area contributed by atoms with Gasteiger partial charge in [0.05, 0.1) is 28.6 Å². The molecule has 102 valence electrons. The SMILES string of the molecule is COc1ccc2sc(Br)nc2c1C(O)c1ccccn1. The van der Waals surface area contributed by atoms with Crippen LogP contribution in [-0.2, 0) is 0 Å². The minimum Gasteiger partial charge on any atom is -0.496 e. The summed E-state index contributed by atoms with van der Waals surface area (Å²) in [5, 5.41) is 10.6. The Balaban J connectivity index is 2.22. The molecule has 1 aromatic carbocycles. The van der Waals surface area contributed by atoms with Gasteiger partial charge in [-0.3, -0.25) is 4.98 Å². The summed E-state index contributed by atoms with van der Waals surface area (Å²) in [5.41, 5.74) is 1.95. The van der Waals surface area contributed by atoms with E-state index >= 15 is 0 Å². The molecule has 20 heavy (non-hydrogen) atoms. The highest BCUT2D eigenvalue weighted by molar-refractivity contribution is 9.11. The average Bonchev–Trinajstić information content (AvgIpc) is 2.86. The topological polar surface area (TPSA) is 55.2 Å². The largest absolute Gasteiger partial charge is 0.496 e. The first-order chi connectivity index (χ1) is 9.70.